The van der Waals surface area contributed by atoms with Crippen LogP contribution in [0, 0.1) is 5.92 Å². The van der Waals surface area contributed by atoms with Gasteiger partial charge in [-0.3, -0.25) is 9.36 Å². The summed E-state index contributed by atoms with van der Waals surface area (Å²) in [5.41, 5.74) is 0.557. The predicted molar refractivity (Wildman–Crippen MR) is 98.8 cm³/mol. The van der Waals surface area contributed by atoms with Crippen LogP contribution in [0.4, 0.5) is 0 Å². The molecule has 7 nitrogen and oxygen atoms in total. The second kappa shape index (κ2) is 6.66. The van der Waals surface area contributed by atoms with Crippen molar-refractivity contribution in [2.45, 2.75) is 37.5 Å². The van der Waals surface area contributed by atoms with E-state index >= 15 is 0 Å². The number of hydrogen-bond donors (Lipinski definition) is 0. The molecule has 2 heterocycles. The number of rotatable bonds is 5. The van der Waals surface area contributed by atoms with Crippen LogP contribution in [-0.2, 0) is 16.6 Å². The summed E-state index contributed by atoms with van der Waals surface area (Å²) in [6.45, 7) is 1.68. The van der Waals surface area contributed by atoms with Gasteiger partial charge in [-0.1, -0.05) is 0 Å². The number of benzene rings is 1. The zero-order valence-electron chi connectivity index (χ0n) is 14.8. The number of sulfonamides is 1. The van der Waals surface area contributed by atoms with Gasteiger partial charge in [-0.2, -0.15) is 0 Å². The first-order valence-electron chi connectivity index (χ1n) is 9.01. The summed E-state index contributed by atoms with van der Waals surface area (Å²) in [6.07, 6.45) is 4.73. The van der Waals surface area contributed by atoms with E-state index in [-0.39, 0.29) is 16.7 Å². The summed E-state index contributed by atoms with van der Waals surface area (Å²) >= 11 is 0. The lowest BCUT2D eigenvalue weighted by Gasteiger charge is -2.31. The Hall–Kier alpha value is -1.93. The third-order valence-corrected chi connectivity index (χ3v) is 7.77. The molecule has 0 spiro atoms. The molecule has 8 heteroatoms. The molecule has 0 N–H and O–H groups in total. The van der Waals surface area contributed by atoms with Crippen LogP contribution in [0.3, 0.4) is 0 Å². The lowest BCUT2D eigenvalue weighted by Crippen LogP contribution is -2.41. The molecule has 1 aliphatic carbocycles. The van der Waals surface area contributed by atoms with Crippen LogP contribution in [0.1, 0.15) is 25.7 Å². The number of hydrogen-bond acceptors (Lipinski definition) is 5. The number of nitrogens with zero attached hydrogens (tertiary/aromatic N) is 3. The molecule has 2 aliphatic rings. The first kappa shape index (κ1) is 17.5. The molecular formula is C18H23N3O4S. The standard InChI is InChI=1S/C18H23N3O4S/c1-25-14-2-5-16-17(10-14)19-12-20(18(16)22)11-13-6-8-21(9-7-13)26(23,24)15-3-4-15/h2,5,10,12-13,15H,3-4,6-9,11H2,1H3. The molecule has 0 unspecified atom stereocenters. The van der Waals surface area contributed by atoms with Gasteiger partial charge in [0.25, 0.3) is 5.56 Å². The number of piperidine rings is 1. The zero-order valence-corrected chi connectivity index (χ0v) is 15.6. The van der Waals surface area contributed by atoms with Crippen molar-refractivity contribution in [3.05, 3.63) is 34.9 Å². The van der Waals surface area contributed by atoms with E-state index in [4.69, 9.17) is 4.74 Å². The van der Waals surface area contributed by atoms with Crippen molar-refractivity contribution in [1.82, 2.24) is 13.9 Å². The average molecular weight is 377 g/mol. The molecule has 0 amide bonds. The smallest absolute Gasteiger partial charge is 0.261 e. The van der Waals surface area contributed by atoms with Gasteiger partial charge in [0.1, 0.15) is 5.75 Å². The lowest BCUT2D eigenvalue weighted by atomic mass is 9.98. The van der Waals surface area contributed by atoms with Crippen molar-refractivity contribution in [2.75, 3.05) is 20.2 Å². The van der Waals surface area contributed by atoms with Gasteiger partial charge in [-0.15, -0.1) is 0 Å². The highest BCUT2D eigenvalue weighted by atomic mass is 32.2. The Labute approximate surface area is 152 Å². The Morgan fingerprint density at radius 3 is 2.58 bits per heavy atom. The van der Waals surface area contributed by atoms with Gasteiger partial charge in [-0.25, -0.2) is 17.7 Å². The summed E-state index contributed by atoms with van der Waals surface area (Å²) in [4.78, 5) is 17.1. The van der Waals surface area contributed by atoms with E-state index in [1.165, 1.54) is 0 Å². The number of fused-ring (bicyclic) bond motifs is 1. The Morgan fingerprint density at radius 1 is 1.19 bits per heavy atom. The molecular weight excluding hydrogens is 354 g/mol. The number of aromatic nitrogens is 2. The maximum Gasteiger partial charge on any atom is 0.261 e. The highest BCUT2D eigenvalue weighted by molar-refractivity contribution is 7.90. The molecule has 1 saturated heterocycles. The van der Waals surface area contributed by atoms with E-state index in [1.807, 2.05) is 0 Å². The molecule has 1 aromatic carbocycles. The van der Waals surface area contributed by atoms with Crippen LogP contribution in [-0.4, -0.2) is 47.7 Å². The molecule has 2 aromatic rings. The molecule has 1 saturated carbocycles. The Balaban J connectivity index is 1.46. The van der Waals surface area contributed by atoms with Gasteiger partial charge >= 0.3 is 0 Å². The summed E-state index contributed by atoms with van der Waals surface area (Å²) in [7, 11) is -1.51. The van der Waals surface area contributed by atoms with E-state index < -0.39 is 10.0 Å². The Morgan fingerprint density at radius 2 is 1.92 bits per heavy atom. The van der Waals surface area contributed by atoms with Crippen molar-refractivity contribution in [3.63, 3.8) is 0 Å². The van der Waals surface area contributed by atoms with Gasteiger partial charge < -0.3 is 4.74 Å². The van der Waals surface area contributed by atoms with Crippen LogP contribution in [0.2, 0.25) is 0 Å². The molecule has 1 aromatic heterocycles. The molecule has 140 valence electrons. The number of methoxy groups -OCH3 is 1. The van der Waals surface area contributed by atoms with Crippen LogP contribution in [0.15, 0.2) is 29.3 Å². The van der Waals surface area contributed by atoms with Crippen LogP contribution in [0.25, 0.3) is 10.9 Å². The van der Waals surface area contributed by atoms with E-state index in [9.17, 15) is 13.2 Å². The Bertz CT molecular complexity index is 974. The van der Waals surface area contributed by atoms with E-state index in [2.05, 4.69) is 4.98 Å². The van der Waals surface area contributed by atoms with E-state index in [0.717, 1.165) is 25.7 Å². The zero-order chi connectivity index (χ0) is 18.3. The second-order valence-corrected chi connectivity index (χ2v) is 9.38. The maximum atomic E-state index is 12.7. The molecule has 0 bridgehead atoms. The van der Waals surface area contributed by atoms with Crippen LogP contribution >= 0.6 is 0 Å². The van der Waals surface area contributed by atoms with E-state index in [1.54, 1.807) is 40.5 Å². The third-order valence-electron chi connectivity index (χ3n) is 5.37. The highest BCUT2D eigenvalue weighted by Crippen LogP contribution is 2.33. The van der Waals surface area contributed by atoms with Crippen molar-refractivity contribution in [2.24, 2.45) is 5.92 Å². The minimum atomic E-state index is -3.09. The lowest BCUT2D eigenvalue weighted by molar-refractivity contribution is 0.251. The highest BCUT2D eigenvalue weighted by Gasteiger charge is 2.41. The van der Waals surface area contributed by atoms with Crippen molar-refractivity contribution < 1.29 is 13.2 Å². The van der Waals surface area contributed by atoms with Gasteiger partial charge in [0.05, 0.1) is 29.6 Å². The molecule has 26 heavy (non-hydrogen) atoms. The summed E-state index contributed by atoms with van der Waals surface area (Å²) in [5, 5.41) is 0.422. The average Bonchev–Trinajstić information content (AvgIpc) is 3.50. The predicted octanol–water partition coefficient (Wildman–Crippen LogP) is 1.61. The van der Waals surface area contributed by atoms with Crippen molar-refractivity contribution in [3.8, 4) is 5.75 Å². The van der Waals surface area contributed by atoms with Gasteiger partial charge in [0, 0.05) is 25.7 Å². The van der Waals surface area contributed by atoms with Crippen molar-refractivity contribution >= 4 is 20.9 Å². The molecule has 2 fully saturated rings. The quantitative estimate of drug-likeness (QED) is 0.791. The summed E-state index contributed by atoms with van der Waals surface area (Å²) < 4.78 is 33.1. The maximum absolute atomic E-state index is 12.7. The fourth-order valence-electron chi connectivity index (χ4n) is 3.60. The van der Waals surface area contributed by atoms with E-state index in [0.29, 0.717) is 36.3 Å². The Kier molecular flexibility index (Phi) is 4.48. The van der Waals surface area contributed by atoms with Crippen LogP contribution in [0.5, 0.6) is 5.75 Å². The van der Waals surface area contributed by atoms with Gasteiger partial charge in [0.15, 0.2) is 0 Å². The monoisotopic (exact) mass is 377 g/mol. The number of ether oxygens (including phenoxy) is 1. The fourth-order valence-corrected chi connectivity index (χ4v) is 5.47. The first-order chi connectivity index (χ1) is 12.5. The first-order valence-corrected chi connectivity index (χ1v) is 10.5. The van der Waals surface area contributed by atoms with Crippen LogP contribution < -0.4 is 10.3 Å². The molecule has 0 atom stereocenters. The second-order valence-electron chi connectivity index (χ2n) is 7.17. The minimum Gasteiger partial charge on any atom is -0.497 e. The minimum absolute atomic E-state index is 0.0642. The van der Waals surface area contributed by atoms with Crippen molar-refractivity contribution in [1.29, 1.82) is 0 Å². The molecule has 4 rings (SSSR count). The SMILES string of the molecule is COc1ccc2c(=O)n(CC3CCN(S(=O)(=O)C4CC4)CC3)cnc2c1. The summed E-state index contributed by atoms with van der Waals surface area (Å²) in [5.74, 6) is 0.960. The van der Waals surface area contributed by atoms with Gasteiger partial charge in [0.2, 0.25) is 10.0 Å². The molecule has 0 radical (unpaired) electrons. The normalized spacial score (nSPS) is 19.7. The largest absolute Gasteiger partial charge is 0.497 e. The fraction of sp³-hybridized carbons (Fsp3) is 0.556. The third kappa shape index (κ3) is 3.23. The topological polar surface area (TPSA) is 81.5 Å². The summed E-state index contributed by atoms with van der Waals surface area (Å²) in [6, 6.07) is 5.25. The molecule has 1 aliphatic heterocycles. The van der Waals surface area contributed by atoms with Gasteiger partial charge in [-0.05, 0) is 43.7 Å².